The van der Waals surface area contributed by atoms with Crippen molar-refractivity contribution >= 4 is 35.2 Å². The average molecular weight is 312 g/mol. The normalized spacial score (nSPS) is 11.8. The zero-order valence-electron chi connectivity index (χ0n) is 9.37. The van der Waals surface area contributed by atoms with Gasteiger partial charge in [0.1, 0.15) is 0 Å². The molecule has 0 saturated heterocycles. The Bertz CT molecular complexity index is 498. The molecule has 0 radical (unpaired) electrons. The Hall–Kier alpha value is -1.37. The number of aliphatic carboxylic acids is 1. The van der Waals surface area contributed by atoms with E-state index in [0.717, 1.165) is 0 Å². The molecule has 0 aliphatic heterocycles. The molecule has 0 fully saturated rings. The molecular formula is C11H9Cl2F2NO3. The molecule has 3 N–H and O–H groups in total. The molecule has 0 atom stereocenters. The van der Waals surface area contributed by atoms with Crippen molar-refractivity contribution in [2.45, 2.75) is 6.61 Å². The van der Waals surface area contributed by atoms with E-state index in [-0.39, 0.29) is 27.9 Å². The van der Waals surface area contributed by atoms with E-state index in [1.807, 2.05) is 0 Å². The Balaban J connectivity index is 3.17. The molecule has 1 aromatic carbocycles. The Morgan fingerprint density at radius 2 is 1.95 bits per heavy atom. The molecule has 1 aromatic rings. The number of carboxylic acid groups (broad SMARTS) is 1. The SMILES string of the molecule is NC/C(=C/c1cc(Cl)c(OC(F)F)c(Cl)c1)C(=O)O. The van der Waals surface area contributed by atoms with Crippen molar-refractivity contribution in [3.05, 3.63) is 33.3 Å². The number of hydrogen-bond donors (Lipinski definition) is 2. The fraction of sp³-hybridized carbons (Fsp3) is 0.182. The number of halogens is 4. The highest BCUT2D eigenvalue weighted by atomic mass is 35.5. The van der Waals surface area contributed by atoms with E-state index < -0.39 is 12.6 Å². The molecule has 0 amide bonds. The first-order valence-corrected chi connectivity index (χ1v) is 5.68. The number of carboxylic acids is 1. The van der Waals surface area contributed by atoms with Crippen LogP contribution in [0.2, 0.25) is 10.0 Å². The molecule has 0 heterocycles. The lowest BCUT2D eigenvalue weighted by Crippen LogP contribution is -2.11. The largest absolute Gasteiger partial charge is 0.478 e. The van der Waals surface area contributed by atoms with Crippen LogP contribution >= 0.6 is 23.2 Å². The van der Waals surface area contributed by atoms with Gasteiger partial charge in [-0.25, -0.2) is 4.79 Å². The minimum Gasteiger partial charge on any atom is -0.478 e. The second-order valence-electron chi connectivity index (χ2n) is 3.37. The lowest BCUT2D eigenvalue weighted by Gasteiger charge is -2.09. The molecule has 8 heteroatoms. The van der Waals surface area contributed by atoms with E-state index in [0.29, 0.717) is 5.56 Å². The van der Waals surface area contributed by atoms with Crippen LogP contribution in [0.25, 0.3) is 6.08 Å². The standard InChI is InChI=1S/C11H9Cl2F2NO3/c12-7-2-5(1-6(4-16)10(17)18)3-8(13)9(7)19-11(14)15/h1-3,11H,4,16H2,(H,17,18)/b6-1-. The van der Waals surface area contributed by atoms with Gasteiger partial charge in [-0.3, -0.25) is 0 Å². The molecule has 0 unspecified atom stereocenters. The van der Waals surface area contributed by atoms with Crippen LogP contribution in [-0.4, -0.2) is 24.2 Å². The fourth-order valence-electron chi connectivity index (χ4n) is 1.27. The molecule has 19 heavy (non-hydrogen) atoms. The summed E-state index contributed by atoms with van der Waals surface area (Å²) in [6.07, 6.45) is 1.24. The van der Waals surface area contributed by atoms with E-state index in [2.05, 4.69) is 4.74 Å². The van der Waals surface area contributed by atoms with Crippen LogP contribution in [0.15, 0.2) is 17.7 Å². The van der Waals surface area contributed by atoms with E-state index >= 15 is 0 Å². The summed E-state index contributed by atoms with van der Waals surface area (Å²) >= 11 is 11.5. The maximum Gasteiger partial charge on any atom is 0.387 e. The smallest absolute Gasteiger partial charge is 0.387 e. The van der Waals surface area contributed by atoms with Crippen molar-refractivity contribution in [1.82, 2.24) is 0 Å². The highest BCUT2D eigenvalue weighted by molar-refractivity contribution is 6.37. The first-order valence-electron chi connectivity index (χ1n) is 4.93. The number of nitrogens with two attached hydrogens (primary N) is 1. The summed E-state index contributed by atoms with van der Waals surface area (Å²) in [7, 11) is 0. The van der Waals surface area contributed by atoms with E-state index in [9.17, 15) is 13.6 Å². The molecule has 0 saturated carbocycles. The summed E-state index contributed by atoms with van der Waals surface area (Å²) in [4.78, 5) is 10.8. The molecule has 4 nitrogen and oxygen atoms in total. The van der Waals surface area contributed by atoms with Crippen LogP contribution in [0, 0.1) is 0 Å². The van der Waals surface area contributed by atoms with Crippen molar-refractivity contribution in [2.75, 3.05) is 6.54 Å². The third kappa shape index (κ3) is 4.34. The molecular weight excluding hydrogens is 303 g/mol. The minimum absolute atomic E-state index is 0.0744. The Morgan fingerprint density at radius 3 is 2.32 bits per heavy atom. The van der Waals surface area contributed by atoms with Crippen molar-refractivity contribution in [1.29, 1.82) is 0 Å². The van der Waals surface area contributed by atoms with Crippen LogP contribution in [0.1, 0.15) is 5.56 Å². The van der Waals surface area contributed by atoms with Crippen molar-refractivity contribution in [3.8, 4) is 5.75 Å². The van der Waals surface area contributed by atoms with Gasteiger partial charge in [0.15, 0.2) is 5.75 Å². The van der Waals surface area contributed by atoms with Crippen LogP contribution < -0.4 is 10.5 Å². The third-order valence-corrected chi connectivity index (χ3v) is 2.62. The monoisotopic (exact) mass is 311 g/mol. The first kappa shape index (κ1) is 15.7. The summed E-state index contributed by atoms with van der Waals surface area (Å²) in [6, 6.07) is 2.51. The van der Waals surface area contributed by atoms with Gasteiger partial charge in [0.2, 0.25) is 0 Å². The lowest BCUT2D eigenvalue weighted by atomic mass is 10.1. The number of carbonyl (C=O) groups is 1. The number of ether oxygens (including phenoxy) is 1. The second-order valence-corrected chi connectivity index (χ2v) is 4.19. The maximum absolute atomic E-state index is 12.1. The van der Waals surface area contributed by atoms with Gasteiger partial charge in [0.05, 0.1) is 15.6 Å². The predicted octanol–water partition coefficient (Wildman–Crippen LogP) is 3.02. The molecule has 0 aliphatic rings. The average Bonchev–Trinajstić information content (AvgIpc) is 2.30. The minimum atomic E-state index is -3.06. The Morgan fingerprint density at radius 1 is 1.42 bits per heavy atom. The highest BCUT2D eigenvalue weighted by Gasteiger charge is 2.14. The highest BCUT2D eigenvalue weighted by Crippen LogP contribution is 2.35. The van der Waals surface area contributed by atoms with Gasteiger partial charge in [0, 0.05) is 6.54 Å². The van der Waals surface area contributed by atoms with Crippen molar-refractivity contribution in [3.63, 3.8) is 0 Å². The number of rotatable bonds is 5. The fourth-order valence-corrected chi connectivity index (χ4v) is 1.87. The summed E-state index contributed by atoms with van der Waals surface area (Å²) in [5.41, 5.74) is 5.50. The van der Waals surface area contributed by atoms with Gasteiger partial charge < -0.3 is 15.6 Å². The Kier molecular flexibility index (Phi) is 5.53. The summed E-state index contributed by atoms with van der Waals surface area (Å²) in [5.74, 6) is -1.55. The molecule has 0 aliphatic carbocycles. The van der Waals surface area contributed by atoms with Gasteiger partial charge >= 0.3 is 12.6 Å². The summed E-state index contributed by atoms with van der Waals surface area (Å²) in [6.45, 7) is -3.25. The van der Waals surface area contributed by atoms with Crippen molar-refractivity contribution < 1.29 is 23.4 Å². The second kappa shape index (κ2) is 6.70. The van der Waals surface area contributed by atoms with Crippen LogP contribution in [-0.2, 0) is 4.79 Å². The topological polar surface area (TPSA) is 72.5 Å². The number of alkyl halides is 2. The van der Waals surface area contributed by atoms with Crippen LogP contribution in [0.5, 0.6) is 5.75 Å². The van der Waals surface area contributed by atoms with Gasteiger partial charge in [0.25, 0.3) is 0 Å². The predicted molar refractivity (Wildman–Crippen MR) is 67.8 cm³/mol. The first-order chi connectivity index (χ1) is 8.85. The van der Waals surface area contributed by atoms with Gasteiger partial charge in [-0.05, 0) is 23.8 Å². The number of hydrogen-bond acceptors (Lipinski definition) is 3. The van der Waals surface area contributed by atoms with Crippen LogP contribution in [0.3, 0.4) is 0 Å². The summed E-state index contributed by atoms with van der Waals surface area (Å²) in [5, 5.41) is 8.50. The molecule has 0 bridgehead atoms. The quantitative estimate of drug-likeness (QED) is 0.820. The summed E-state index contributed by atoms with van der Waals surface area (Å²) < 4.78 is 28.4. The zero-order valence-corrected chi connectivity index (χ0v) is 10.9. The zero-order chi connectivity index (χ0) is 14.6. The maximum atomic E-state index is 12.1. The molecule has 1 rings (SSSR count). The van der Waals surface area contributed by atoms with E-state index in [1.54, 1.807) is 0 Å². The lowest BCUT2D eigenvalue weighted by molar-refractivity contribution is -0.132. The van der Waals surface area contributed by atoms with Gasteiger partial charge in [-0.15, -0.1) is 0 Å². The van der Waals surface area contributed by atoms with Crippen LogP contribution in [0.4, 0.5) is 8.78 Å². The van der Waals surface area contributed by atoms with Crippen molar-refractivity contribution in [2.24, 2.45) is 5.73 Å². The number of benzene rings is 1. The van der Waals surface area contributed by atoms with Gasteiger partial charge in [-0.2, -0.15) is 8.78 Å². The molecule has 0 aromatic heterocycles. The Labute approximate surface area is 117 Å². The molecule has 0 spiro atoms. The van der Waals surface area contributed by atoms with Gasteiger partial charge in [-0.1, -0.05) is 23.2 Å². The third-order valence-electron chi connectivity index (χ3n) is 2.06. The van der Waals surface area contributed by atoms with E-state index in [4.69, 9.17) is 34.0 Å². The molecule has 104 valence electrons. The van der Waals surface area contributed by atoms with E-state index in [1.165, 1.54) is 18.2 Å².